The smallest absolute Gasteiger partial charge is 0.307 e. The first-order valence-electron chi connectivity index (χ1n) is 6.21. The molecule has 0 radical (unpaired) electrons. The van der Waals surface area contributed by atoms with E-state index in [-0.39, 0.29) is 5.92 Å². The van der Waals surface area contributed by atoms with Crippen LogP contribution in [0.5, 0.6) is 0 Å². The molecule has 1 aliphatic rings. The first-order valence-corrected chi connectivity index (χ1v) is 6.21. The summed E-state index contributed by atoms with van der Waals surface area (Å²) < 4.78 is 7.02. The Bertz CT molecular complexity index is 604. The van der Waals surface area contributed by atoms with Gasteiger partial charge in [0, 0.05) is 19.4 Å². The molecule has 0 amide bonds. The van der Waals surface area contributed by atoms with E-state index in [1.807, 2.05) is 7.05 Å². The molecule has 3 rings (SSSR count). The minimum Gasteiger partial charge on any atom is -0.481 e. The third-order valence-corrected chi connectivity index (χ3v) is 3.61. The Labute approximate surface area is 109 Å². The molecular formula is C12H14N4O3. The van der Waals surface area contributed by atoms with E-state index < -0.39 is 11.9 Å². The largest absolute Gasteiger partial charge is 0.481 e. The monoisotopic (exact) mass is 262 g/mol. The predicted molar refractivity (Wildman–Crippen MR) is 64.2 cm³/mol. The topological polar surface area (TPSA) is 94.0 Å². The van der Waals surface area contributed by atoms with Gasteiger partial charge in [0.05, 0.1) is 11.8 Å². The van der Waals surface area contributed by atoms with Crippen LogP contribution in [0.1, 0.15) is 31.1 Å². The minimum atomic E-state index is -0.792. The summed E-state index contributed by atoms with van der Waals surface area (Å²) in [7, 11) is 1.84. The Morgan fingerprint density at radius 1 is 1.53 bits per heavy atom. The van der Waals surface area contributed by atoms with E-state index in [0.717, 1.165) is 12.8 Å². The van der Waals surface area contributed by atoms with Crippen LogP contribution in [-0.2, 0) is 11.8 Å². The number of hydrogen-bond acceptors (Lipinski definition) is 5. The minimum absolute atomic E-state index is 0.181. The number of imidazole rings is 1. The quantitative estimate of drug-likeness (QED) is 0.899. The van der Waals surface area contributed by atoms with Crippen LogP contribution < -0.4 is 0 Å². The maximum atomic E-state index is 11.2. The van der Waals surface area contributed by atoms with Gasteiger partial charge in [-0.1, -0.05) is 11.6 Å². The van der Waals surface area contributed by atoms with E-state index in [4.69, 9.17) is 4.52 Å². The third kappa shape index (κ3) is 2.00. The number of aryl methyl sites for hydroxylation is 1. The van der Waals surface area contributed by atoms with Crippen molar-refractivity contribution in [3.8, 4) is 11.6 Å². The van der Waals surface area contributed by atoms with Crippen molar-refractivity contribution < 1.29 is 14.4 Å². The molecule has 2 unspecified atom stereocenters. The maximum Gasteiger partial charge on any atom is 0.307 e. The van der Waals surface area contributed by atoms with Crippen LogP contribution in [0.2, 0.25) is 0 Å². The molecule has 19 heavy (non-hydrogen) atoms. The Morgan fingerprint density at radius 3 is 3.05 bits per heavy atom. The molecule has 0 aromatic carbocycles. The first-order chi connectivity index (χ1) is 9.16. The molecule has 1 saturated carbocycles. The lowest BCUT2D eigenvalue weighted by Gasteiger charge is -2.09. The van der Waals surface area contributed by atoms with Crippen molar-refractivity contribution in [1.29, 1.82) is 0 Å². The van der Waals surface area contributed by atoms with Crippen molar-refractivity contribution in [1.82, 2.24) is 19.7 Å². The molecule has 0 saturated heterocycles. The Morgan fingerprint density at radius 2 is 2.37 bits per heavy atom. The van der Waals surface area contributed by atoms with Gasteiger partial charge in [0.2, 0.25) is 11.7 Å². The molecule has 0 spiro atoms. The molecule has 0 bridgehead atoms. The van der Waals surface area contributed by atoms with Gasteiger partial charge in [-0.05, 0) is 12.8 Å². The van der Waals surface area contributed by atoms with Crippen LogP contribution in [0.4, 0.5) is 0 Å². The van der Waals surface area contributed by atoms with Gasteiger partial charge in [-0.15, -0.1) is 0 Å². The van der Waals surface area contributed by atoms with Crippen LogP contribution in [0.25, 0.3) is 11.6 Å². The maximum absolute atomic E-state index is 11.2. The van der Waals surface area contributed by atoms with Gasteiger partial charge in [0.1, 0.15) is 0 Å². The van der Waals surface area contributed by atoms with Crippen LogP contribution >= 0.6 is 0 Å². The number of carboxylic acids is 1. The molecular weight excluding hydrogens is 248 g/mol. The molecule has 2 atom stereocenters. The second-order valence-electron chi connectivity index (χ2n) is 4.80. The molecule has 100 valence electrons. The molecule has 1 fully saturated rings. The Balaban J connectivity index is 1.89. The van der Waals surface area contributed by atoms with Crippen molar-refractivity contribution >= 4 is 5.97 Å². The molecule has 2 aromatic rings. The summed E-state index contributed by atoms with van der Waals surface area (Å²) in [4.78, 5) is 19.6. The number of carbonyl (C=O) groups is 1. The van der Waals surface area contributed by atoms with E-state index in [2.05, 4.69) is 15.1 Å². The summed E-state index contributed by atoms with van der Waals surface area (Å²) in [6, 6.07) is 0. The normalized spacial score (nSPS) is 22.8. The predicted octanol–water partition coefficient (Wildman–Crippen LogP) is 1.44. The Kier molecular flexibility index (Phi) is 2.81. The fourth-order valence-corrected chi connectivity index (χ4v) is 2.61. The first kappa shape index (κ1) is 11.9. The molecule has 7 nitrogen and oxygen atoms in total. The van der Waals surface area contributed by atoms with Crippen molar-refractivity contribution in [2.24, 2.45) is 13.0 Å². The van der Waals surface area contributed by atoms with Gasteiger partial charge in [0.15, 0.2) is 5.82 Å². The third-order valence-electron chi connectivity index (χ3n) is 3.61. The highest BCUT2D eigenvalue weighted by atomic mass is 16.5. The molecule has 2 heterocycles. The van der Waals surface area contributed by atoms with Gasteiger partial charge < -0.3 is 14.2 Å². The van der Waals surface area contributed by atoms with E-state index in [1.165, 1.54) is 0 Å². The zero-order chi connectivity index (χ0) is 13.4. The summed E-state index contributed by atoms with van der Waals surface area (Å²) in [5, 5.41) is 13.1. The summed E-state index contributed by atoms with van der Waals surface area (Å²) in [6.45, 7) is 0. The summed E-state index contributed by atoms with van der Waals surface area (Å²) in [5.74, 6) is 0.0224. The molecule has 1 N–H and O–H groups in total. The summed E-state index contributed by atoms with van der Waals surface area (Å²) >= 11 is 0. The van der Waals surface area contributed by atoms with Crippen molar-refractivity contribution in [2.45, 2.75) is 25.2 Å². The number of carboxylic acid groups (broad SMARTS) is 1. The van der Waals surface area contributed by atoms with Crippen molar-refractivity contribution in [3.63, 3.8) is 0 Å². The number of aliphatic carboxylic acids is 1. The lowest BCUT2D eigenvalue weighted by molar-refractivity contribution is -0.142. The summed E-state index contributed by atoms with van der Waals surface area (Å²) in [5.41, 5.74) is 0. The van der Waals surface area contributed by atoms with Crippen LogP contribution in [0.3, 0.4) is 0 Å². The highest BCUT2D eigenvalue weighted by Gasteiger charge is 2.37. The second kappa shape index (κ2) is 4.49. The fraction of sp³-hybridized carbons (Fsp3) is 0.500. The number of aromatic nitrogens is 4. The zero-order valence-electron chi connectivity index (χ0n) is 10.5. The molecule has 7 heteroatoms. The lowest BCUT2D eigenvalue weighted by Crippen LogP contribution is -2.17. The summed E-state index contributed by atoms with van der Waals surface area (Å²) in [6.07, 6.45) is 5.77. The zero-order valence-corrected chi connectivity index (χ0v) is 10.5. The van der Waals surface area contributed by atoms with Crippen molar-refractivity contribution in [2.75, 3.05) is 0 Å². The van der Waals surface area contributed by atoms with Crippen LogP contribution in [0, 0.1) is 5.92 Å². The SMILES string of the molecule is Cn1ccnc1-c1noc(C2CCCC2C(=O)O)n1. The second-order valence-corrected chi connectivity index (χ2v) is 4.80. The van der Waals surface area contributed by atoms with Crippen LogP contribution in [0.15, 0.2) is 16.9 Å². The van der Waals surface area contributed by atoms with Gasteiger partial charge in [-0.2, -0.15) is 4.98 Å². The van der Waals surface area contributed by atoms with Crippen molar-refractivity contribution in [3.05, 3.63) is 18.3 Å². The lowest BCUT2D eigenvalue weighted by atomic mass is 9.96. The number of hydrogen-bond donors (Lipinski definition) is 1. The Hall–Kier alpha value is -2.18. The van der Waals surface area contributed by atoms with Gasteiger partial charge in [0.25, 0.3) is 0 Å². The average Bonchev–Trinajstić information content (AvgIpc) is 3.06. The standard InChI is InChI=1S/C12H14N4O3/c1-16-6-5-13-10(16)9-14-11(19-15-9)7-3-2-4-8(7)12(17)18/h5-8H,2-4H2,1H3,(H,17,18). The van der Waals surface area contributed by atoms with E-state index in [0.29, 0.717) is 24.0 Å². The molecule has 2 aromatic heterocycles. The van der Waals surface area contributed by atoms with E-state index in [1.54, 1.807) is 17.0 Å². The fourth-order valence-electron chi connectivity index (χ4n) is 2.61. The highest BCUT2D eigenvalue weighted by molar-refractivity contribution is 5.71. The van der Waals surface area contributed by atoms with Gasteiger partial charge in [-0.25, -0.2) is 4.98 Å². The van der Waals surface area contributed by atoms with Gasteiger partial charge in [-0.3, -0.25) is 4.79 Å². The van der Waals surface area contributed by atoms with Gasteiger partial charge >= 0.3 is 5.97 Å². The number of nitrogens with zero attached hydrogens (tertiary/aromatic N) is 4. The highest BCUT2D eigenvalue weighted by Crippen LogP contribution is 2.39. The van der Waals surface area contributed by atoms with Crippen LogP contribution in [-0.4, -0.2) is 30.8 Å². The average molecular weight is 262 g/mol. The van der Waals surface area contributed by atoms with E-state index in [9.17, 15) is 9.90 Å². The number of rotatable bonds is 3. The molecule has 1 aliphatic carbocycles. The molecule has 0 aliphatic heterocycles. The van der Waals surface area contributed by atoms with E-state index >= 15 is 0 Å².